The first-order valence-electron chi connectivity index (χ1n) is 6.28. The minimum Gasteiger partial charge on any atom is -0.481 e. The molecule has 0 radical (unpaired) electrons. The standard InChI is InChI=1S/C14H19Cl2NO2/c1-4-17(5-2)14(3,9-12(18)19)10-7-6-8-11(15)13(10)16/h6-8H,4-5,9H2,1-3H3,(H,18,19). The number of hydrogen-bond donors (Lipinski definition) is 1. The van der Waals surface area contributed by atoms with Gasteiger partial charge in [0.25, 0.3) is 0 Å². The Morgan fingerprint density at radius 2 is 1.89 bits per heavy atom. The lowest BCUT2D eigenvalue weighted by atomic mass is 9.86. The van der Waals surface area contributed by atoms with Crippen LogP contribution in [0.4, 0.5) is 0 Å². The van der Waals surface area contributed by atoms with Gasteiger partial charge in [0.05, 0.1) is 22.0 Å². The van der Waals surface area contributed by atoms with E-state index in [-0.39, 0.29) is 6.42 Å². The summed E-state index contributed by atoms with van der Waals surface area (Å²) in [6.07, 6.45) is -0.0191. The molecule has 1 N–H and O–H groups in total. The number of rotatable bonds is 6. The van der Waals surface area contributed by atoms with Crippen LogP contribution in [0.3, 0.4) is 0 Å². The molecule has 1 rings (SSSR count). The predicted molar refractivity (Wildman–Crippen MR) is 79.0 cm³/mol. The highest BCUT2D eigenvalue weighted by molar-refractivity contribution is 6.42. The highest BCUT2D eigenvalue weighted by atomic mass is 35.5. The van der Waals surface area contributed by atoms with Gasteiger partial charge in [0, 0.05) is 0 Å². The number of hydrogen-bond acceptors (Lipinski definition) is 2. The second-order valence-electron chi connectivity index (χ2n) is 4.62. The number of nitrogens with zero attached hydrogens (tertiary/aromatic N) is 1. The summed E-state index contributed by atoms with van der Waals surface area (Å²) in [5.41, 5.74) is 0.0879. The van der Waals surface area contributed by atoms with Crippen LogP contribution in [0.1, 0.15) is 32.8 Å². The Morgan fingerprint density at radius 1 is 1.32 bits per heavy atom. The van der Waals surface area contributed by atoms with Gasteiger partial charge in [-0.1, -0.05) is 49.2 Å². The molecule has 1 unspecified atom stereocenters. The van der Waals surface area contributed by atoms with Crippen molar-refractivity contribution in [3.8, 4) is 0 Å². The molecule has 106 valence electrons. The average molecular weight is 304 g/mol. The van der Waals surface area contributed by atoms with Crippen molar-refractivity contribution >= 4 is 29.2 Å². The molecule has 19 heavy (non-hydrogen) atoms. The molecule has 0 aliphatic rings. The first kappa shape index (κ1) is 16.3. The summed E-state index contributed by atoms with van der Waals surface area (Å²) >= 11 is 12.3. The fourth-order valence-electron chi connectivity index (χ4n) is 2.51. The zero-order valence-corrected chi connectivity index (χ0v) is 12.9. The topological polar surface area (TPSA) is 40.5 Å². The van der Waals surface area contributed by atoms with Crippen LogP contribution in [0.25, 0.3) is 0 Å². The molecular formula is C14H19Cl2NO2. The van der Waals surface area contributed by atoms with Crippen molar-refractivity contribution in [2.24, 2.45) is 0 Å². The molecule has 0 spiro atoms. The molecule has 1 aromatic carbocycles. The van der Waals surface area contributed by atoms with Crippen LogP contribution < -0.4 is 0 Å². The fourth-order valence-corrected chi connectivity index (χ4v) is 3.02. The number of carboxylic acid groups (broad SMARTS) is 1. The smallest absolute Gasteiger partial charge is 0.305 e. The van der Waals surface area contributed by atoms with E-state index in [4.69, 9.17) is 23.2 Å². The number of benzene rings is 1. The van der Waals surface area contributed by atoms with Gasteiger partial charge < -0.3 is 5.11 Å². The summed E-state index contributed by atoms with van der Waals surface area (Å²) in [7, 11) is 0. The Kier molecular flexibility index (Phi) is 5.65. The third-order valence-corrected chi connectivity index (χ3v) is 4.31. The van der Waals surface area contributed by atoms with E-state index in [0.29, 0.717) is 10.0 Å². The highest BCUT2D eigenvalue weighted by Gasteiger charge is 2.36. The highest BCUT2D eigenvalue weighted by Crippen LogP contribution is 2.39. The van der Waals surface area contributed by atoms with Crippen molar-refractivity contribution in [1.29, 1.82) is 0 Å². The molecule has 1 atom stereocenters. The van der Waals surface area contributed by atoms with Gasteiger partial charge in [-0.25, -0.2) is 0 Å². The van der Waals surface area contributed by atoms with Crippen LogP contribution in [0.15, 0.2) is 18.2 Å². The van der Waals surface area contributed by atoms with Crippen LogP contribution in [0, 0.1) is 0 Å². The minimum absolute atomic E-state index is 0.0191. The van der Waals surface area contributed by atoms with Gasteiger partial charge in [0.1, 0.15) is 0 Å². The van der Waals surface area contributed by atoms with Crippen molar-refractivity contribution in [3.05, 3.63) is 33.8 Å². The predicted octanol–water partition coefficient (Wildman–Crippen LogP) is 4.03. The lowest BCUT2D eigenvalue weighted by Gasteiger charge is -2.40. The summed E-state index contributed by atoms with van der Waals surface area (Å²) in [5, 5.41) is 10.1. The Balaban J connectivity index is 3.38. The van der Waals surface area contributed by atoms with Crippen molar-refractivity contribution < 1.29 is 9.90 Å². The first-order chi connectivity index (χ1) is 8.86. The van der Waals surface area contributed by atoms with Gasteiger partial charge >= 0.3 is 5.97 Å². The Morgan fingerprint density at radius 3 is 2.37 bits per heavy atom. The number of aliphatic carboxylic acids is 1. The van der Waals surface area contributed by atoms with Crippen molar-refractivity contribution in [3.63, 3.8) is 0 Å². The molecule has 0 heterocycles. The van der Waals surface area contributed by atoms with Gasteiger partial charge in [-0.2, -0.15) is 0 Å². The van der Waals surface area contributed by atoms with E-state index in [1.165, 1.54) is 0 Å². The largest absolute Gasteiger partial charge is 0.481 e. The van der Waals surface area contributed by atoms with Crippen molar-refractivity contribution in [2.75, 3.05) is 13.1 Å². The Bertz CT molecular complexity index is 461. The monoisotopic (exact) mass is 303 g/mol. The van der Waals surface area contributed by atoms with Crippen LogP contribution >= 0.6 is 23.2 Å². The van der Waals surface area contributed by atoms with Gasteiger partial charge in [-0.05, 0) is 31.6 Å². The summed E-state index contributed by atoms with van der Waals surface area (Å²) in [4.78, 5) is 13.3. The Hall–Kier alpha value is -0.770. The second kappa shape index (κ2) is 6.60. The van der Waals surface area contributed by atoms with E-state index < -0.39 is 11.5 Å². The summed E-state index contributed by atoms with van der Waals surface area (Å²) < 4.78 is 0. The van der Waals surface area contributed by atoms with E-state index in [1.54, 1.807) is 12.1 Å². The van der Waals surface area contributed by atoms with Gasteiger partial charge in [0.2, 0.25) is 0 Å². The van der Waals surface area contributed by atoms with Crippen LogP contribution in [-0.4, -0.2) is 29.1 Å². The SMILES string of the molecule is CCN(CC)C(C)(CC(=O)O)c1cccc(Cl)c1Cl. The lowest BCUT2D eigenvalue weighted by molar-refractivity contribution is -0.140. The average Bonchev–Trinajstić information content (AvgIpc) is 2.33. The third-order valence-electron chi connectivity index (χ3n) is 3.49. The minimum atomic E-state index is -0.856. The van der Waals surface area contributed by atoms with Gasteiger partial charge in [0.15, 0.2) is 0 Å². The zero-order chi connectivity index (χ0) is 14.6. The quantitative estimate of drug-likeness (QED) is 0.862. The van der Waals surface area contributed by atoms with E-state index in [1.807, 2.05) is 26.8 Å². The maximum absolute atomic E-state index is 11.2. The molecule has 0 aliphatic carbocycles. The molecule has 0 saturated carbocycles. The summed E-state index contributed by atoms with van der Waals surface area (Å²) in [6.45, 7) is 7.38. The molecule has 0 amide bonds. The molecule has 0 aliphatic heterocycles. The van der Waals surface area contributed by atoms with Crippen LogP contribution in [0.5, 0.6) is 0 Å². The first-order valence-corrected chi connectivity index (χ1v) is 7.03. The van der Waals surface area contributed by atoms with Gasteiger partial charge in [-0.15, -0.1) is 0 Å². The van der Waals surface area contributed by atoms with Crippen molar-refractivity contribution in [1.82, 2.24) is 4.90 Å². The van der Waals surface area contributed by atoms with Crippen molar-refractivity contribution in [2.45, 2.75) is 32.7 Å². The summed E-state index contributed by atoms with van der Waals surface area (Å²) in [5.74, 6) is -0.856. The maximum Gasteiger partial charge on any atom is 0.305 e. The molecule has 0 bridgehead atoms. The molecule has 0 fully saturated rings. The molecule has 0 saturated heterocycles. The molecule has 3 nitrogen and oxygen atoms in total. The molecule has 1 aromatic rings. The van der Waals surface area contributed by atoms with E-state index >= 15 is 0 Å². The van der Waals surface area contributed by atoms with Crippen LogP contribution in [0.2, 0.25) is 10.0 Å². The second-order valence-corrected chi connectivity index (χ2v) is 5.40. The van der Waals surface area contributed by atoms with Gasteiger partial charge in [-0.3, -0.25) is 9.69 Å². The molecule has 0 aromatic heterocycles. The third kappa shape index (κ3) is 3.41. The molecular weight excluding hydrogens is 285 g/mol. The molecule has 5 heteroatoms. The summed E-state index contributed by atoms with van der Waals surface area (Å²) in [6, 6.07) is 5.35. The van der Waals surface area contributed by atoms with E-state index in [2.05, 4.69) is 4.90 Å². The lowest BCUT2D eigenvalue weighted by Crippen LogP contribution is -2.45. The van der Waals surface area contributed by atoms with E-state index in [9.17, 15) is 9.90 Å². The Labute approximate surface area is 124 Å². The number of carboxylic acids is 1. The fraction of sp³-hybridized carbons (Fsp3) is 0.500. The normalized spacial score (nSPS) is 14.4. The van der Waals surface area contributed by atoms with E-state index in [0.717, 1.165) is 18.7 Å². The zero-order valence-electron chi connectivity index (χ0n) is 11.4. The maximum atomic E-state index is 11.2. The van der Waals surface area contributed by atoms with Crippen LogP contribution in [-0.2, 0) is 10.3 Å². The number of halogens is 2. The number of carbonyl (C=O) groups is 1.